The van der Waals surface area contributed by atoms with Crippen molar-refractivity contribution >= 4 is 60.3 Å². The van der Waals surface area contributed by atoms with Gasteiger partial charge in [0.05, 0.1) is 33.8 Å². The molecule has 0 amide bonds. The smallest absolute Gasteiger partial charge is 0.146 e. The Kier molecular flexibility index (Phi) is 3.92. The van der Waals surface area contributed by atoms with Gasteiger partial charge in [-0.1, -0.05) is 42.5 Å². The third-order valence-electron chi connectivity index (χ3n) is 8.81. The largest absolute Gasteiger partial charge is 0.309 e. The van der Waals surface area contributed by atoms with Crippen LogP contribution in [0.4, 0.5) is 0 Å². The summed E-state index contributed by atoms with van der Waals surface area (Å²) in [5.41, 5.74) is 13.9. The number of benzene rings is 4. The van der Waals surface area contributed by atoms with Crippen LogP contribution in [0, 0.1) is 0 Å². The van der Waals surface area contributed by atoms with Gasteiger partial charge in [-0.05, 0) is 83.3 Å². The fraction of sp³-hybridized carbons (Fsp3) is 0.0278. The van der Waals surface area contributed by atoms with Crippen LogP contribution in [-0.2, 0) is 6.42 Å². The predicted octanol–water partition coefficient (Wildman–Crippen LogP) is 8.25. The summed E-state index contributed by atoms with van der Waals surface area (Å²) in [6.07, 6.45) is 6.47. The van der Waals surface area contributed by atoms with Gasteiger partial charge in [-0.2, -0.15) is 0 Å². The minimum Gasteiger partial charge on any atom is -0.309 e. The second-order valence-corrected chi connectivity index (χ2v) is 10.9. The molecule has 0 unspecified atom stereocenters. The number of para-hydroxylation sites is 2. The fourth-order valence-corrected chi connectivity index (χ4v) is 7.16. The topological polar surface area (TPSA) is 48.0 Å². The molecule has 0 saturated heterocycles. The van der Waals surface area contributed by atoms with E-state index in [-0.39, 0.29) is 0 Å². The Morgan fingerprint density at radius 1 is 0.634 bits per heavy atom. The first kappa shape index (κ1) is 21.3. The molecule has 0 N–H and O–H groups in total. The Balaban J connectivity index is 1.36. The first-order valence-electron chi connectivity index (χ1n) is 13.9. The van der Waals surface area contributed by atoms with Crippen molar-refractivity contribution in [1.82, 2.24) is 23.9 Å². The number of pyridine rings is 3. The lowest BCUT2D eigenvalue weighted by molar-refractivity contribution is 1.18. The molecule has 0 atom stereocenters. The molecule has 0 fully saturated rings. The van der Waals surface area contributed by atoms with Gasteiger partial charge in [0.25, 0.3) is 0 Å². The molecule has 5 aromatic heterocycles. The molecule has 5 heteroatoms. The van der Waals surface area contributed by atoms with Crippen molar-refractivity contribution < 1.29 is 0 Å². The Morgan fingerprint density at radius 2 is 1.51 bits per heavy atom. The monoisotopic (exact) mass is 523 g/mol. The number of aromatic nitrogens is 5. The van der Waals surface area contributed by atoms with Crippen molar-refractivity contribution in [3.8, 4) is 16.8 Å². The molecule has 10 rings (SSSR count). The summed E-state index contributed by atoms with van der Waals surface area (Å²) in [6.45, 7) is 0. The van der Waals surface area contributed by atoms with Crippen LogP contribution in [0.25, 0.3) is 77.1 Å². The molecule has 1 aliphatic carbocycles. The highest BCUT2D eigenvalue weighted by molar-refractivity contribution is 6.20. The molecule has 0 aliphatic heterocycles. The molecule has 5 nitrogen and oxygen atoms in total. The quantitative estimate of drug-likeness (QED) is 0.204. The standard InChI is InChI=1S/C36H21N5/c1-2-7-23(8-3-1)40-29-10-5-4-9-24(29)34-31(40)13-12-21-17-22-18-27-26(19-25(22)33(21)34)35-32(11-6-15-38-35)41-30-14-16-37-20-28(30)39-36(27)41/h1-16,18-20H,17H2. The SMILES string of the molecule is c1ccc(-n2c3ccccc3c3c4c(ccc32)Cc2cc3c(cc2-4)c2ncccc2n2c4ccncc4nc32)cc1. The van der Waals surface area contributed by atoms with Crippen molar-refractivity contribution in [3.05, 3.63) is 127 Å². The Labute approximate surface area is 234 Å². The summed E-state index contributed by atoms with van der Waals surface area (Å²) in [5, 5.41) is 4.85. The lowest BCUT2D eigenvalue weighted by atomic mass is 9.97. The van der Waals surface area contributed by atoms with E-state index in [9.17, 15) is 0 Å². The number of imidazole rings is 1. The number of hydrogen-bond acceptors (Lipinski definition) is 3. The molecule has 9 aromatic rings. The lowest BCUT2D eigenvalue weighted by Gasteiger charge is -2.11. The van der Waals surface area contributed by atoms with Crippen LogP contribution in [0.5, 0.6) is 0 Å². The highest BCUT2D eigenvalue weighted by Gasteiger charge is 2.27. The zero-order valence-corrected chi connectivity index (χ0v) is 21.9. The van der Waals surface area contributed by atoms with Gasteiger partial charge < -0.3 is 4.57 Å². The van der Waals surface area contributed by atoms with Crippen LogP contribution in [0.2, 0.25) is 0 Å². The molecular formula is C36H21N5. The van der Waals surface area contributed by atoms with E-state index in [1.165, 1.54) is 49.7 Å². The van der Waals surface area contributed by atoms with Crippen molar-refractivity contribution in [3.63, 3.8) is 0 Å². The van der Waals surface area contributed by atoms with Gasteiger partial charge in [0.2, 0.25) is 0 Å². The van der Waals surface area contributed by atoms with E-state index < -0.39 is 0 Å². The Bertz CT molecular complexity index is 2550. The molecule has 0 radical (unpaired) electrons. The maximum Gasteiger partial charge on any atom is 0.146 e. The van der Waals surface area contributed by atoms with Gasteiger partial charge in [-0.25, -0.2) is 4.98 Å². The molecule has 4 aromatic carbocycles. The van der Waals surface area contributed by atoms with E-state index in [1.54, 1.807) is 0 Å². The van der Waals surface area contributed by atoms with Crippen LogP contribution < -0.4 is 0 Å². The van der Waals surface area contributed by atoms with Crippen molar-refractivity contribution in [2.75, 3.05) is 0 Å². The number of rotatable bonds is 1. The van der Waals surface area contributed by atoms with Crippen LogP contribution in [0.3, 0.4) is 0 Å². The summed E-state index contributed by atoms with van der Waals surface area (Å²) >= 11 is 0. The van der Waals surface area contributed by atoms with E-state index in [4.69, 9.17) is 9.97 Å². The zero-order valence-electron chi connectivity index (χ0n) is 21.9. The molecule has 5 heterocycles. The van der Waals surface area contributed by atoms with Gasteiger partial charge in [0.1, 0.15) is 11.2 Å². The molecule has 0 saturated carbocycles. The summed E-state index contributed by atoms with van der Waals surface area (Å²) < 4.78 is 4.64. The first-order chi connectivity index (χ1) is 20.3. The average Bonchev–Trinajstić information content (AvgIpc) is 3.70. The maximum absolute atomic E-state index is 5.07. The second kappa shape index (κ2) is 7.55. The van der Waals surface area contributed by atoms with Crippen LogP contribution in [0.1, 0.15) is 11.1 Å². The Hall–Kier alpha value is -5.55. The fourth-order valence-electron chi connectivity index (χ4n) is 7.16. The van der Waals surface area contributed by atoms with Crippen LogP contribution >= 0.6 is 0 Å². The normalized spacial score (nSPS) is 12.8. The molecule has 41 heavy (non-hydrogen) atoms. The summed E-state index contributed by atoms with van der Waals surface area (Å²) in [4.78, 5) is 14.3. The van der Waals surface area contributed by atoms with E-state index in [1.807, 2.05) is 30.7 Å². The van der Waals surface area contributed by atoms with Crippen molar-refractivity contribution in [2.45, 2.75) is 6.42 Å². The molecule has 0 spiro atoms. The molecular weight excluding hydrogens is 502 g/mol. The number of nitrogens with zero attached hydrogens (tertiary/aromatic N) is 5. The average molecular weight is 524 g/mol. The Morgan fingerprint density at radius 3 is 2.46 bits per heavy atom. The highest BCUT2D eigenvalue weighted by atomic mass is 15.0. The number of hydrogen-bond donors (Lipinski definition) is 0. The van der Waals surface area contributed by atoms with Crippen LogP contribution in [0.15, 0.2) is 116 Å². The maximum atomic E-state index is 5.07. The molecule has 190 valence electrons. The van der Waals surface area contributed by atoms with E-state index in [2.05, 4.69) is 98.9 Å². The molecule has 0 bridgehead atoms. The van der Waals surface area contributed by atoms with Crippen molar-refractivity contribution in [2.24, 2.45) is 0 Å². The van der Waals surface area contributed by atoms with E-state index >= 15 is 0 Å². The third-order valence-corrected chi connectivity index (χ3v) is 8.81. The van der Waals surface area contributed by atoms with Gasteiger partial charge >= 0.3 is 0 Å². The minimum absolute atomic E-state index is 0.893. The van der Waals surface area contributed by atoms with E-state index in [0.717, 1.165) is 44.9 Å². The van der Waals surface area contributed by atoms with Gasteiger partial charge in [-0.3, -0.25) is 14.4 Å². The van der Waals surface area contributed by atoms with Gasteiger partial charge in [0, 0.05) is 39.6 Å². The lowest BCUT2D eigenvalue weighted by Crippen LogP contribution is -1.94. The summed E-state index contributed by atoms with van der Waals surface area (Å²) in [6, 6.07) is 35.0. The highest BCUT2D eigenvalue weighted by Crippen LogP contribution is 2.47. The second-order valence-electron chi connectivity index (χ2n) is 10.9. The summed E-state index contributed by atoms with van der Waals surface area (Å²) in [7, 11) is 0. The first-order valence-corrected chi connectivity index (χ1v) is 13.9. The van der Waals surface area contributed by atoms with Crippen LogP contribution in [-0.4, -0.2) is 23.9 Å². The predicted molar refractivity (Wildman–Crippen MR) is 166 cm³/mol. The third kappa shape index (κ3) is 2.68. The van der Waals surface area contributed by atoms with Gasteiger partial charge in [0.15, 0.2) is 0 Å². The summed E-state index contributed by atoms with van der Waals surface area (Å²) in [5.74, 6) is 0. The van der Waals surface area contributed by atoms with E-state index in [0.29, 0.717) is 0 Å². The van der Waals surface area contributed by atoms with Crippen molar-refractivity contribution in [1.29, 1.82) is 0 Å². The van der Waals surface area contributed by atoms with Gasteiger partial charge in [-0.15, -0.1) is 0 Å². The zero-order chi connectivity index (χ0) is 26.7. The molecule has 1 aliphatic rings. The minimum atomic E-state index is 0.893. The number of fused-ring (bicyclic) bond motifs is 15.